The predicted octanol–water partition coefficient (Wildman–Crippen LogP) is 4.51. The predicted molar refractivity (Wildman–Crippen MR) is 70.7 cm³/mol. The van der Waals surface area contributed by atoms with Gasteiger partial charge in [-0.15, -0.1) is 0 Å². The highest BCUT2D eigenvalue weighted by molar-refractivity contribution is 9.10. The Morgan fingerprint density at radius 1 is 1.06 bits per heavy atom. The summed E-state index contributed by atoms with van der Waals surface area (Å²) in [6.45, 7) is 2.69. The molecule has 0 aliphatic heterocycles. The second kappa shape index (κ2) is 5.17. The number of rotatable bonds is 3. The van der Waals surface area contributed by atoms with Gasteiger partial charge in [-0.3, -0.25) is 0 Å². The van der Waals surface area contributed by atoms with Gasteiger partial charge in [0.15, 0.2) is 0 Å². The first-order valence-electron chi connectivity index (χ1n) is 5.29. The maximum absolute atomic E-state index is 5.49. The molecule has 0 amide bonds. The first-order chi connectivity index (χ1) is 7.81. The third kappa shape index (κ3) is 2.45. The van der Waals surface area contributed by atoms with E-state index < -0.39 is 0 Å². The van der Waals surface area contributed by atoms with Gasteiger partial charge < -0.3 is 4.74 Å². The Bertz CT molecular complexity index is 480. The molecule has 0 fully saturated rings. The lowest BCUT2D eigenvalue weighted by atomic mass is 10.1. The van der Waals surface area contributed by atoms with Crippen LogP contribution in [0.5, 0.6) is 5.75 Å². The SMILES string of the molecule is CCOc1cccc(-c2ccccc2Br)c1. The van der Waals surface area contributed by atoms with Crippen LogP contribution >= 0.6 is 15.9 Å². The summed E-state index contributed by atoms with van der Waals surface area (Å²) in [6, 6.07) is 16.3. The minimum Gasteiger partial charge on any atom is -0.494 e. The smallest absolute Gasteiger partial charge is 0.119 e. The zero-order valence-electron chi connectivity index (χ0n) is 9.11. The van der Waals surface area contributed by atoms with Crippen LogP contribution in [0.15, 0.2) is 53.0 Å². The summed E-state index contributed by atoms with van der Waals surface area (Å²) >= 11 is 3.56. The van der Waals surface area contributed by atoms with Crippen LogP contribution in [0.3, 0.4) is 0 Å². The van der Waals surface area contributed by atoms with Gasteiger partial charge in [-0.25, -0.2) is 0 Å². The van der Waals surface area contributed by atoms with Crippen LogP contribution in [0.4, 0.5) is 0 Å². The topological polar surface area (TPSA) is 9.23 Å². The summed E-state index contributed by atoms with van der Waals surface area (Å²) < 4.78 is 6.59. The molecule has 16 heavy (non-hydrogen) atoms. The minimum absolute atomic E-state index is 0.694. The summed E-state index contributed by atoms with van der Waals surface area (Å²) in [7, 11) is 0. The van der Waals surface area contributed by atoms with Crippen molar-refractivity contribution in [2.24, 2.45) is 0 Å². The van der Waals surface area contributed by atoms with Gasteiger partial charge in [0.25, 0.3) is 0 Å². The fraction of sp³-hybridized carbons (Fsp3) is 0.143. The van der Waals surface area contributed by atoms with Crippen molar-refractivity contribution in [1.82, 2.24) is 0 Å². The molecule has 0 saturated carbocycles. The summed E-state index contributed by atoms with van der Waals surface area (Å²) in [6.07, 6.45) is 0. The molecule has 2 aromatic carbocycles. The monoisotopic (exact) mass is 276 g/mol. The van der Waals surface area contributed by atoms with Gasteiger partial charge in [0.1, 0.15) is 5.75 Å². The lowest BCUT2D eigenvalue weighted by Gasteiger charge is -2.07. The van der Waals surface area contributed by atoms with Crippen LogP contribution in [-0.2, 0) is 0 Å². The molecular weight excluding hydrogens is 264 g/mol. The second-order valence-corrected chi connectivity index (χ2v) is 4.30. The number of halogens is 1. The fourth-order valence-corrected chi connectivity index (χ4v) is 2.13. The standard InChI is InChI=1S/C14H13BrO/c1-2-16-12-7-5-6-11(10-12)13-8-3-4-9-14(13)15/h3-10H,2H2,1H3. The average Bonchev–Trinajstić information content (AvgIpc) is 2.30. The third-order valence-corrected chi connectivity index (χ3v) is 3.02. The van der Waals surface area contributed by atoms with Gasteiger partial charge >= 0.3 is 0 Å². The highest BCUT2D eigenvalue weighted by Gasteiger charge is 2.02. The van der Waals surface area contributed by atoms with E-state index >= 15 is 0 Å². The summed E-state index contributed by atoms with van der Waals surface area (Å²) in [5.74, 6) is 0.913. The molecule has 0 N–H and O–H groups in total. The Hall–Kier alpha value is -1.28. The quantitative estimate of drug-likeness (QED) is 0.801. The van der Waals surface area contributed by atoms with E-state index in [1.54, 1.807) is 0 Å². The van der Waals surface area contributed by atoms with Crippen LogP contribution in [0.1, 0.15) is 6.92 Å². The highest BCUT2D eigenvalue weighted by Crippen LogP contribution is 2.29. The summed E-state index contributed by atoms with van der Waals surface area (Å²) in [4.78, 5) is 0. The van der Waals surface area contributed by atoms with E-state index in [-0.39, 0.29) is 0 Å². The highest BCUT2D eigenvalue weighted by atomic mass is 79.9. The van der Waals surface area contributed by atoms with E-state index in [0.29, 0.717) is 6.61 Å². The molecule has 0 aliphatic carbocycles. The zero-order chi connectivity index (χ0) is 11.4. The number of benzene rings is 2. The molecule has 0 aromatic heterocycles. The molecule has 0 atom stereocenters. The maximum Gasteiger partial charge on any atom is 0.119 e. The van der Waals surface area contributed by atoms with Crippen molar-refractivity contribution in [2.45, 2.75) is 6.92 Å². The first-order valence-corrected chi connectivity index (χ1v) is 6.08. The minimum atomic E-state index is 0.694. The van der Waals surface area contributed by atoms with Crippen LogP contribution in [0.2, 0.25) is 0 Å². The van der Waals surface area contributed by atoms with Crippen molar-refractivity contribution in [3.8, 4) is 16.9 Å². The van der Waals surface area contributed by atoms with E-state index in [0.717, 1.165) is 10.2 Å². The third-order valence-electron chi connectivity index (χ3n) is 2.33. The molecule has 0 aliphatic rings. The van der Waals surface area contributed by atoms with Crippen LogP contribution in [0, 0.1) is 0 Å². The molecule has 0 bridgehead atoms. The van der Waals surface area contributed by atoms with Gasteiger partial charge in [0.2, 0.25) is 0 Å². The Morgan fingerprint density at radius 2 is 1.88 bits per heavy atom. The van der Waals surface area contributed by atoms with Crippen molar-refractivity contribution < 1.29 is 4.74 Å². The van der Waals surface area contributed by atoms with E-state index in [1.165, 1.54) is 11.1 Å². The largest absolute Gasteiger partial charge is 0.494 e. The van der Waals surface area contributed by atoms with Gasteiger partial charge in [-0.2, -0.15) is 0 Å². The molecule has 2 aromatic rings. The van der Waals surface area contributed by atoms with Crippen molar-refractivity contribution in [3.05, 3.63) is 53.0 Å². The van der Waals surface area contributed by atoms with Crippen molar-refractivity contribution in [3.63, 3.8) is 0 Å². The van der Waals surface area contributed by atoms with E-state index in [1.807, 2.05) is 37.3 Å². The fourth-order valence-electron chi connectivity index (χ4n) is 1.62. The molecule has 2 heteroatoms. The number of hydrogen-bond acceptors (Lipinski definition) is 1. The molecule has 1 nitrogen and oxygen atoms in total. The normalized spacial score (nSPS) is 10.1. The van der Waals surface area contributed by atoms with E-state index in [9.17, 15) is 0 Å². The molecule has 82 valence electrons. The zero-order valence-corrected chi connectivity index (χ0v) is 10.7. The van der Waals surface area contributed by atoms with Crippen molar-refractivity contribution in [1.29, 1.82) is 0 Å². The van der Waals surface area contributed by atoms with E-state index in [4.69, 9.17) is 4.74 Å². The maximum atomic E-state index is 5.49. The summed E-state index contributed by atoms with van der Waals surface area (Å²) in [5.41, 5.74) is 2.35. The van der Waals surface area contributed by atoms with E-state index in [2.05, 4.69) is 34.1 Å². The van der Waals surface area contributed by atoms with Crippen molar-refractivity contribution >= 4 is 15.9 Å². The van der Waals surface area contributed by atoms with Crippen LogP contribution in [-0.4, -0.2) is 6.61 Å². The molecule has 0 saturated heterocycles. The van der Waals surface area contributed by atoms with Gasteiger partial charge in [-0.1, -0.05) is 46.3 Å². The van der Waals surface area contributed by atoms with Crippen LogP contribution < -0.4 is 4.74 Å². The van der Waals surface area contributed by atoms with Gasteiger partial charge in [0.05, 0.1) is 6.61 Å². The van der Waals surface area contributed by atoms with Gasteiger partial charge in [0, 0.05) is 4.47 Å². The Kier molecular flexibility index (Phi) is 3.62. The molecule has 0 heterocycles. The van der Waals surface area contributed by atoms with Gasteiger partial charge in [-0.05, 0) is 36.2 Å². The molecule has 0 spiro atoms. The lowest BCUT2D eigenvalue weighted by molar-refractivity contribution is 0.340. The second-order valence-electron chi connectivity index (χ2n) is 3.44. The average molecular weight is 277 g/mol. The Morgan fingerprint density at radius 3 is 2.62 bits per heavy atom. The molecule has 2 rings (SSSR count). The Balaban J connectivity index is 2.40. The number of ether oxygens (including phenoxy) is 1. The van der Waals surface area contributed by atoms with Crippen LogP contribution in [0.25, 0.3) is 11.1 Å². The number of hydrogen-bond donors (Lipinski definition) is 0. The Labute approximate surface area is 104 Å². The molecule has 0 unspecified atom stereocenters. The molecular formula is C14H13BrO. The van der Waals surface area contributed by atoms with Crippen molar-refractivity contribution in [2.75, 3.05) is 6.61 Å². The summed E-state index contributed by atoms with van der Waals surface area (Å²) in [5, 5.41) is 0. The molecule has 0 radical (unpaired) electrons. The first kappa shape index (κ1) is 11.2. The lowest BCUT2D eigenvalue weighted by Crippen LogP contribution is -1.91.